The lowest BCUT2D eigenvalue weighted by molar-refractivity contribution is 0.100. The van der Waals surface area contributed by atoms with Gasteiger partial charge in [0.15, 0.2) is 0 Å². The van der Waals surface area contributed by atoms with Gasteiger partial charge in [-0.2, -0.15) is 0 Å². The SMILES string of the molecule is NC(=O)Nc1sc(-c2ccccc2OC2CNC2)cc1C(N)=O. The molecule has 1 saturated heterocycles. The molecular weight excluding hydrogens is 316 g/mol. The Balaban J connectivity index is 1.97. The van der Waals surface area contributed by atoms with Gasteiger partial charge >= 0.3 is 6.03 Å². The van der Waals surface area contributed by atoms with Crippen molar-refractivity contribution in [1.82, 2.24) is 5.32 Å². The van der Waals surface area contributed by atoms with Crippen LogP contribution in [-0.2, 0) is 0 Å². The minimum Gasteiger partial charge on any atom is -0.487 e. The number of hydrogen-bond acceptors (Lipinski definition) is 5. The number of rotatable bonds is 5. The Hall–Kier alpha value is -2.58. The summed E-state index contributed by atoms with van der Waals surface area (Å²) in [7, 11) is 0. The molecule has 23 heavy (non-hydrogen) atoms. The van der Waals surface area contributed by atoms with Gasteiger partial charge in [0.25, 0.3) is 5.91 Å². The van der Waals surface area contributed by atoms with Gasteiger partial charge in [0.1, 0.15) is 16.9 Å². The predicted molar refractivity (Wildman–Crippen MR) is 88.8 cm³/mol. The first-order chi connectivity index (χ1) is 11.0. The fourth-order valence-electron chi connectivity index (χ4n) is 2.21. The van der Waals surface area contributed by atoms with Crippen LogP contribution in [0.3, 0.4) is 0 Å². The van der Waals surface area contributed by atoms with Crippen molar-refractivity contribution >= 4 is 28.3 Å². The highest BCUT2D eigenvalue weighted by atomic mass is 32.1. The maximum atomic E-state index is 11.6. The fraction of sp³-hybridized carbons (Fsp3) is 0.200. The van der Waals surface area contributed by atoms with Crippen LogP contribution in [0.2, 0.25) is 0 Å². The summed E-state index contributed by atoms with van der Waals surface area (Å²) in [6.45, 7) is 1.61. The van der Waals surface area contributed by atoms with Crippen LogP contribution in [-0.4, -0.2) is 31.1 Å². The molecule has 0 atom stereocenters. The molecule has 0 aliphatic carbocycles. The lowest BCUT2D eigenvalue weighted by Crippen LogP contribution is -2.50. The number of nitrogens with two attached hydrogens (primary N) is 2. The third-order valence-electron chi connectivity index (χ3n) is 3.42. The quantitative estimate of drug-likeness (QED) is 0.660. The summed E-state index contributed by atoms with van der Waals surface area (Å²) in [4.78, 5) is 23.4. The second-order valence-electron chi connectivity index (χ2n) is 5.10. The Morgan fingerprint density at radius 1 is 1.26 bits per heavy atom. The third-order valence-corrected chi connectivity index (χ3v) is 4.51. The number of ether oxygens (including phenoxy) is 1. The molecule has 1 aliphatic heterocycles. The lowest BCUT2D eigenvalue weighted by atomic mass is 10.1. The van der Waals surface area contributed by atoms with E-state index in [0.717, 1.165) is 29.3 Å². The van der Waals surface area contributed by atoms with Crippen molar-refractivity contribution in [2.24, 2.45) is 11.5 Å². The highest BCUT2D eigenvalue weighted by molar-refractivity contribution is 7.20. The van der Waals surface area contributed by atoms with Gasteiger partial charge in [-0.05, 0) is 18.2 Å². The minimum atomic E-state index is -0.744. The number of hydrogen-bond donors (Lipinski definition) is 4. The van der Waals surface area contributed by atoms with Crippen LogP contribution in [0.4, 0.5) is 9.80 Å². The number of para-hydroxylation sites is 1. The van der Waals surface area contributed by atoms with E-state index in [1.54, 1.807) is 6.07 Å². The van der Waals surface area contributed by atoms with Crippen LogP contribution in [0.15, 0.2) is 30.3 Å². The van der Waals surface area contributed by atoms with E-state index < -0.39 is 11.9 Å². The summed E-state index contributed by atoms with van der Waals surface area (Å²) in [6, 6.07) is 8.43. The van der Waals surface area contributed by atoms with E-state index in [0.29, 0.717) is 5.00 Å². The highest BCUT2D eigenvalue weighted by Crippen LogP contribution is 2.39. The third kappa shape index (κ3) is 3.27. The molecule has 2 heterocycles. The molecule has 1 aromatic carbocycles. The van der Waals surface area contributed by atoms with Gasteiger partial charge in [-0.3, -0.25) is 10.1 Å². The van der Waals surface area contributed by atoms with Gasteiger partial charge in [0.05, 0.1) is 5.56 Å². The summed E-state index contributed by atoms with van der Waals surface area (Å²) < 4.78 is 5.94. The van der Waals surface area contributed by atoms with E-state index in [9.17, 15) is 9.59 Å². The predicted octanol–water partition coefficient (Wildman–Crippen LogP) is 1.36. The Labute approximate surface area is 136 Å². The molecule has 120 valence electrons. The number of thiophene rings is 1. The number of primary amides is 2. The molecule has 3 amide bonds. The molecule has 0 spiro atoms. The molecule has 6 N–H and O–H groups in total. The molecule has 0 radical (unpaired) electrons. The zero-order valence-electron chi connectivity index (χ0n) is 12.2. The molecule has 1 aromatic heterocycles. The summed E-state index contributed by atoms with van der Waals surface area (Å²) in [5.41, 5.74) is 11.6. The second-order valence-corrected chi connectivity index (χ2v) is 6.15. The number of anilines is 1. The Kier molecular flexibility index (Phi) is 4.18. The van der Waals surface area contributed by atoms with Crippen molar-refractivity contribution in [1.29, 1.82) is 0 Å². The summed E-state index contributed by atoms with van der Waals surface area (Å²) in [5.74, 6) is 0.0970. The van der Waals surface area contributed by atoms with Gasteiger partial charge in [-0.1, -0.05) is 12.1 Å². The lowest BCUT2D eigenvalue weighted by Gasteiger charge is -2.28. The van der Waals surface area contributed by atoms with Crippen molar-refractivity contribution in [3.63, 3.8) is 0 Å². The molecule has 0 saturated carbocycles. The first-order valence-corrected chi connectivity index (χ1v) is 7.83. The van der Waals surface area contributed by atoms with E-state index in [-0.39, 0.29) is 11.7 Å². The van der Waals surface area contributed by atoms with Crippen LogP contribution in [0.25, 0.3) is 10.4 Å². The summed E-state index contributed by atoms with van der Waals surface area (Å²) in [6.07, 6.45) is 0.134. The molecular formula is C15H16N4O3S. The van der Waals surface area contributed by atoms with E-state index in [4.69, 9.17) is 16.2 Å². The molecule has 0 bridgehead atoms. The Morgan fingerprint density at radius 3 is 2.61 bits per heavy atom. The maximum absolute atomic E-state index is 11.6. The molecule has 1 fully saturated rings. The van der Waals surface area contributed by atoms with Gasteiger partial charge in [-0.15, -0.1) is 11.3 Å². The average Bonchev–Trinajstić information content (AvgIpc) is 2.86. The standard InChI is InChI=1S/C15H16N4O3S/c16-13(20)10-5-12(23-14(10)19-15(17)21)9-3-1-2-4-11(9)22-8-6-18-7-8/h1-5,8,18H,6-7H2,(H2,16,20)(H3,17,19,21). The second kappa shape index (κ2) is 6.27. The maximum Gasteiger partial charge on any atom is 0.317 e. The Morgan fingerprint density at radius 2 is 2.00 bits per heavy atom. The van der Waals surface area contributed by atoms with Crippen molar-refractivity contribution in [3.8, 4) is 16.2 Å². The molecule has 3 rings (SSSR count). The summed E-state index contributed by atoms with van der Waals surface area (Å²) in [5, 5.41) is 5.91. The topological polar surface area (TPSA) is 119 Å². The smallest absolute Gasteiger partial charge is 0.317 e. The highest BCUT2D eigenvalue weighted by Gasteiger charge is 2.22. The number of benzene rings is 1. The van der Waals surface area contributed by atoms with E-state index in [1.165, 1.54) is 11.3 Å². The molecule has 2 aromatic rings. The zero-order chi connectivity index (χ0) is 16.4. The van der Waals surface area contributed by atoms with Crippen LogP contribution in [0.1, 0.15) is 10.4 Å². The zero-order valence-corrected chi connectivity index (χ0v) is 13.0. The molecule has 8 heteroatoms. The van der Waals surface area contributed by atoms with Crippen LogP contribution in [0.5, 0.6) is 5.75 Å². The van der Waals surface area contributed by atoms with Crippen molar-refractivity contribution in [2.45, 2.75) is 6.10 Å². The van der Waals surface area contributed by atoms with Gasteiger partial charge in [0.2, 0.25) is 0 Å². The monoisotopic (exact) mass is 332 g/mol. The van der Waals surface area contributed by atoms with Crippen molar-refractivity contribution in [2.75, 3.05) is 18.4 Å². The fourth-order valence-corrected chi connectivity index (χ4v) is 3.31. The van der Waals surface area contributed by atoms with Crippen molar-refractivity contribution in [3.05, 3.63) is 35.9 Å². The van der Waals surface area contributed by atoms with Crippen LogP contribution < -0.4 is 26.8 Å². The minimum absolute atomic E-state index is 0.134. The summed E-state index contributed by atoms with van der Waals surface area (Å²) >= 11 is 1.23. The first kappa shape index (κ1) is 15.3. The van der Waals surface area contributed by atoms with E-state index >= 15 is 0 Å². The number of nitrogens with one attached hydrogen (secondary N) is 2. The number of urea groups is 1. The Bertz CT molecular complexity index is 755. The molecule has 7 nitrogen and oxygen atoms in total. The first-order valence-electron chi connectivity index (χ1n) is 7.01. The normalized spacial score (nSPS) is 14.1. The van der Waals surface area contributed by atoms with Gasteiger partial charge in [0, 0.05) is 23.5 Å². The van der Waals surface area contributed by atoms with Crippen molar-refractivity contribution < 1.29 is 14.3 Å². The number of carbonyl (C=O) groups excluding carboxylic acids is 2. The molecule has 1 aliphatic rings. The largest absolute Gasteiger partial charge is 0.487 e. The van der Waals surface area contributed by atoms with Gasteiger partial charge in [-0.25, -0.2) is 4.79 Å². The van der Waals surface area contributed by atoms with E-state index in [1.807, 2.05) is 24.3 Å². The number of carbonyl (C=O) groups is 2. The number of amides is 3. The van der Waals surface area contributed by atoms with Gasteiger partial charge < -0.3 is 21.5 Å². The van der Waals surface area contributed by atoms with Crippen LogP contribution in [0, 0.1) is 0 Å². The van der Waals surface area contributed by atoms with Crippen LogP contribution >= 0.6 is 11.3 Å². The average molecular weight is 332 g/mol. The molecule has 0 unspecified atom stereocenters. The van der Waals surface area contributed by atoms with E-state index in [2.05, 4.69) is 10.6 Å².